The summed E-state index contributed by atoms with van der Waals surface area (Å²) in [6.07, 6.45) is 1.93. The molecule has 1 aromatic rings. The van der Waals surface area contributed by atoms with Gasteiger partial charge in [0, 0.05) is 11.1 Å². The van der Waals surface area contributed by atoms with Gasteiger partial charge >= 0.3 is 0 Å². The summed E-state index contributed by atoms with van der Waals surface area (Å²) in [5.74, 6) is 0.554. The first kappa shape index (κ1) is 9.68. The van der Waals surface area contributed by atoms with Gasteiger partial charge in [0.05, 0.1) is 5.54 Å². The molecule has 2 N–H and O–H groups in total. The summed E-state index contributed by atoms with van der Waals surface area (Å²) in [7, 11) is 0. The molecular weight excluding hydrogens is 168 g/mol. The Morgan fingerprint density at radius 2 is 2.08 bits per heavy atom. The van der Waals surface area contributed by atoms with Gasteiger partial charge < -0.3 is 5.73 Å². The fourth-order valence-corrected chi connectivity index (χ4v) is 1.78. The van der Waals surface area contributed by atoms with Gasteiger partial charge in [0.15, 0.2) is 0 Å². The molecule has 0 aliphatic heterocycles. The molecule has 68 valence electrons. The predicted molar refractivity (Wildman–Crippen MR) is 53.4 cm³/mol. The van der Waals surface area contributed by atoms with Crippen LogP contribution in [0.25, 0.3) is 0 Å². The van der Waals surface area contributed by atoms with E-state index in [-0.39, 0.29) is 5.54 Å². The molecule has 0 atom stereocenters. The van der Waals surface area contributed by atoms with Crippen molar-refractivity contribution < 1.29 is 0 Å². The lowest BCUT2D eigenvalue weighted by molar-refractivity contribution is 0.550. The number of hydrogen-bond donors (Lipinski definition) is 1. The van der Waals surface area contributed by atoms with Crippen LogP contribution < -0.4 is 5.73 Å². The van der Waals surface area contributed by atoms with Gasteiger partial charge in [0.25, 0.3) is 0 Å². The molecule has 0 aliphatic carbocycles. The molecule has 0 saturated heterocycles. The maximum absolute atomic E-state index is 5.92. The normalized spacial score (nSPS) is 12.5. The maximum Gasteiger partial charge on any atom is 0.112 e. The van der Waals surface area contributed by atoms with Gasteiger partial charge in [-0.1, -0.05) is 13.8 Å². The van der Waals surface area contributed by atoms with Crippen molar-refractivity contribution in [2.45, 2.75) is 39.2 Å². The van der Waals surface area contributed by atoms with Crippen LogP contribution in [0.3, 0.4) is 0 Å². The zero-order chi connectivity index (χ0) is 9.35. The van der Waals surface area contributed by atoms with Gasteiger partial charge in [-0.15, -0.1) is 11.3 Å². The molecule has 1 rings (SSSR count). The molecule has 0 fully saturated rings. The van der Waals surface area contributed by atoms with Crippen molar-refractivity contribution in [3.63, 3.8) is 0 Å². The van der Waals surface area contributed by atoms with Crippen LogP contribution in [0.15, 0.2) is 6.20 Å². The van der Waals surface area contributed by atoms with Gasteiger partial charge in [-0.3, -0.25) is 0 Å². The maximum atomic E-state index is 5.92. The lowest BCUT2D eigenvalue weighted by atomic mass is 10.1. The minimum atomic E-state index is -0.294. The van der Waals surface area contributed by atoms with E-state index in [1.165, 1.54) is 4.88 Å². The van der Waals surface area contributed by atoms with Crippen molar-refractivity contribution in [3.05, 3.63) is 16.1 Å². The van der Waals surface area contributed by atoms with E-state index in [1.807, 2.05) is 20.0 Å². The van der Waals surface area contributed by atoms with Crippen molar-refractivity contribution in [1.29, 1.82) is 0 Å². The third-order valence-corrected chi connectivity index (χ3v) is 3.28. The van der Waals surface area contributed by atoms with Gasteiger partial charge in [-0.05, 0) is 19.8 Å². The van der Waals surface area contributed by atoms with Gasteiger partial charge in [-0.25, -0.2) is 4.98 Å². The molecule has 0 amide bonds. The second-order valence-electron chi connectivity index (χ2n) is 3.94. The van der Waals surface area contributed by atoms with E-state index in [4.69, 9.17) is 5.73 Å². The Balaban J connectivity index is 2.92. The highest BCUT2D eigenvalue weighted by atomic mass is 32.1. The van der Waals surface area contributed by atoms with Crippen LogP contribution in [0, 0.1) is 0 Å². The van der Waals surface area contributed by atoms with Crippen LogP contribution in [-0.2, 0) is 5.54 Å². The first-order valence-corrected chi connectivity index (χ1v) is 4.98. The zero-order valence-electron chi connectivity index (χ0n) is 8.09. The first-order chi connectivity index (χ1) is 5.41. The fourth-order valence-electron chi connectivity index (χ4n) is 0.851. The highest BCUT2D eigenvalue weighted by Crippen LogP contribution is 2.27. The van der Waals surface area contributed by atoms with E-state index < -0.39 is 0 Å². The van der Waals surface area contributed by atoms with Crippen LogP contribution in [0.4, 0.5) is 0 Å². The molecular formula is C9H16N2S. The van der Waals surface area contributed by atoms with Crippen LogP contribution >= 0.6 is 11.3 Å². The molecule has 0 aliphatic rings. The van der Waals surface area contributed by atoms with Crippen molar-refractivity contribution in [3.8, 4) is 0 Å². The summed E-state index contributed by atoms with van der Waals surface area (Å²) in [6.45, 7) is 8.30. The Morgan fingerprint density at radius 3 is 2.33 bits per heavy atom. The number of thiazole rings is 1. The average molecular weight is 184 g/mol. The van der Waals surface area contributed by atoms with Crippen LogP contribution in [-0.4, -0.2) is 4.98 Å². The third-order valence-electron chi connectivity index (χ3n) is 1.64. The molecule has 0 bridgehead atoms. The number of nitrogens with zero attached hydrogens (tertiary/aromatic N) is 1. The van der Waals surface area contributed by atoms with Crippen LogP contribution in [0.2, 0.25) is 0 Å². The van der Waals surface area contributed by atoms with E-state index in [2.05, 4.69) is 18.8 Å². The van der Waals surface area contributed by atoms with Crippen molar-refractivity contribution >= 4 is 11.3 Å². The molecule has 0 radical (unpaired) electrons. The smallest absolute Gasteiger partial charge is 0.112 e. The summed E-state index contributed by atoms with van der Waals surface area (Å²) in [5, 5.41) is 1.02. The zero-order valence-corrected chi connectivity index (χ0v) is 8.90. The molecule has 0 saturated carbocycles. The summed E-state index contributed by atoms with van der Waals surface area (Å²) >= 11 is 1.71. The lowest BCUT2D eigenvalue weighted by Crippen LogP contribution is -2.28. The molecule has 0 spiro atoms. The Labute approximate surface area is 77.8 Å². The monoisotopic (exact) mass is 184 g/mol. The summed E-state index contributed by atoms with van der Waals surface area (Å²) in [4.78, 5) is 5.61. The number of aromatic nitrogens is 1. The van der Waals surface area contributed by atoms with E-state index in [0.717, 1.165) is 5.01 Å². The second kappa shape index (κ2) is 3.15. The fraction of sp³-hybridized carbons (Fsp3) is 0.667. The Hall–Kier alpha value is -0.410. The number of hydrogen-bond acceptors (Lipinski definition) is 3. The largest absolute Gasteiger partial charge is 0.320 e. The Kier molecular flexibility index (Phi) is 2.54. The highest BCUT2D eigenvalue weighted by Gasteiger charge is 2.18. The standard InChI is InChI=1S/C9H16N2S/c1-6(2)7-5-11-8(12-7)9(3,4)10/h5-6H,10H2,1-4H3. The molecule has 0 aromatic carbocycles. The summed E-state index contributed by atoms with van der Waals surface area (Å²) in [5.41, 5.74) is 5.62. The van der Waals surface area contributed by atoms with E-state index in [0.29, 0.717) is 5.92 Å². The third kappa shape index (κ3) is 2.05. The topological polar surface area (TPSA) is 38.9 Å². The molecule has 1 heterocycles. The van der Waals surface area contributed by atoms with E-state index >= 15 is 0 Å². The second-order valence-corrected chi connectivity index (χ2v) is 5.01. The minimum Gasteiger partial charge on any atom is -0.320 e. The molecule has 0 unspecified atom stereocenters. The molecule has 3 heteroatoms. The van der Waals surface area contributed by atoms with Crippen LogP contribution in [0.5, 0.6) is 0 Å². The predicted octanol–water partition coefficient (Wildman–Crippen LogP) is 2.46. The number of rotatable bonds is 2. The Morgan fingerprint density at radius 1 is 1.50 bits per heavy atom. The van der Waals surface area contributed by atoms with Gasteiger partial charge in [-0.2, -0.15) is 0 Å². The summed E-state index contributed by atoms with van der Waals surface area (Å²) < 4.78 is 0. The summed E-state index contributed by atoms with van der Waals surface area (Å²) in [6, 6.07) is 0. The average Bonchev–Trinajstić information content (AvgIpc) is 2.30. The van der Waals surface area contributed by atoms with E-state index in [1.54, 1.807) is 11.3 Å². The van der Waals surface area contributed by atoms with Crippen molar-refractivity contribution in [2.24, 2.45) is 5.73 Å². The molecule has 1 aromatic heterocycles. The van der Waals surface area contributed by atoms with Gasteiger partial charge in [0.2, 0.25) is 0 Å². The first-order valence-electron chi connectivity index (χ1n) is 4.16. The van der Waals surface area contributed by atoms with Crippen LogP contribution in [0.1, 0.15) is 43.5 Å². The lowest BCUT2D eigenvalue weighted by Gasteiger charge is -2.13. The SMILES string of the molecule is CC(C)c1cnc(C(C)(C)N)s1. The minimum absolute atomic E-state index is 0.294. The van der Waals surface area contributed by atoms with Crippen molar-refractivity contribution in [2.75, 3.05) is 0 Å². The van der Waals surface area contributed by atoms with Gasteiger partial charge in [0.1, 0.15) is 5.01 Å². The Bertz CT molecular complexity index is 258. The van der Waals surface area contributed by atoms with E-state index in [9.17, 15) is 0 Å². The van der Waals surface area contributed by atoms with Crippen molar-refractivity contribution in [1.82, 2.24) is 4.98 Å². The quantitative estimate of drug-likeness (QED) is 0.766. The highest BCUT2D eigenvalue weighted by molar-refractivity contribution is 7.11. The number of nitrogens with two attached hydrogens (primary N) is 1. The molecule has 2 nitrogen and oxygen atoms in total. The molecule has 12 heavy (non-hydrogen) atoms.